The van der Waals surface area contributed by atoms with E-state index < -0.39 is 4.92 Å². The Kier molecular flexibility index (Phi) is 7.81. The molecule has 3 aromatic carbocycles. The summed E-state index contributed by atoms with van der Waals surface area (Å²) in [6.45, 7) is 2.53. The van der Waals surface area contributed by atoms with Crippen molar-refractivity contribution in [3.8, 4) is 5.75 Å². The van der Waals surface area contributed by atoms with Gasteiger partial charge in [0.15, 0.2) is 5.17 Å². The molecule has 1 amide bonds. The smallest absolute Gasteiger partial charge is 0.269 e. The molecule has 0 bridgehead atoms. The fourth-order valence-corrected chi connectivity index (χ4v) is 5.05. The molecule has 10 heteroatoms. The van der Waals surface area contributed by atoms with Crippen molar-refractivity contribution in [2.45, 2.75) is 13.5 Å². The highest BCUT2D eigenvalue weighted by Crippen LogP contribution is 2.35. The molecule has 0 saturated carbocycles. The molecule has 0 N–H and O–H groups in total. The molecule has 4 rings (SSSR count). The predicted molar refractivity (Wildman–Crippen MR) is 143 cm³/mol. The van der Waals surface area contributed by atoms with Gasteiger partial charge in [0.05, 0.1) is 19.1 Å². The van der Waals surface area contributed by atoms with Gasteiger partial charge in [0.2, 0.25) is 0 Å². The number of nitrogens with zero attached hydrogens (tertiary/aromatic N) is 3. The summed E-state index contributed by atoms with van der Waals surface area (Å²) >= 11 is 3.42. The number of ether oxygens (including phenoxy) is 1. The minimum Gasteiger partial charge on any atom is -0.488 e. The maximum atomic E-state index is 13.2. The molecule has 7 nitrogen and oxygen atoms in total. The van der Waals surface area contributed by atoms with E-state index in [9.17, 15) is 19.3 Å². The van der Waals surface area contributed by atoms with Gasteiger partial charge in [-0.05, 0) is 94.9 Å². The van der Waals surface area contributed by atoms with Gasteiger partial charge in [-0.3, -0.25) is 19.8 Å². The van der Waals surface area contributed by atoms with Crippen LogP contribution in [-0.4, -0.2) is 27.4 Å². The highest BCUT2D eigenvalue weighted by atomic mass is 127. The highest BCUT2D eigenvalue weighted by Gasteiger charge is 2.32. The third kappa shape index (κ3) is 6.06. The second-order valence-corrected chi connectivity index (χ2v) is 9.61. The fraction of sp³-hybridized carbons (Fsp3) is 0.120. The van der Waals surface area contributed by atoms with E-state index in [2.05, 4.69) is 27.6 Å². The van der Waals surface area contributed by atoms with Crippen LogP contribution in [0.5, 0.6) is 5.75 Å². The van der Waals surface area contributed by atoms with Crippen LogP contribution in [0.4, 0.5) is 15.8 Å². The number of non-ortho nitro benzene ring substituents is 1. The minimum atomic E-state index is -0.437. The number of aliphatic imine (C=N–C) groups is 1. The lowest BCUT2D eigenvalue weighted by Crippen LogP contribution is -2.28. The number of hydrogen-bond acceptors (Lipinski definition) is 6. The molecule has 1 aliphatic heterocycles. The molecule has 1 saturated heterocycles. The maximum Gasteiger partial charge on any atom is 0.269 e. The van der Waals surface area contributed by atoms with Gasteiger partial charge in [0.25, 0.3) is 11.6 Å². The first-order valence-electron chi connectivity index (χ1n) is 10.6. The lowest BCUT2D eigenvalue weighted by atomic mass is 10.2. The lowest BCUT2D eigenvalue weighted by molar-refractivity contribution is -0.384. The summed E-state index contributed by atoms with van der Waals surface area (Å²) in [7, 11) is 0. The fourth-order valence-electron chi connectivity index (χ4n) is 3.29. The topological polar surface area (TPSA) is 85.0 Å². The molecule has 0 radical (unpaired) electrons. The van der Waals surface area contributed by atoms with E-state index in [1.54, 1.807) is 41.3 Å². The summed E-state index contributed by atoms with van der Waals surface area (Å²) in [4.78, 5) is 30.1. The van der Waals surface area contributed by atoms with Crippen molar-refractivity contribution < 1.29 is 18.8 Å². The zero-order chi connectivity index (χ0) is 24.9. The molecule has 3 aromatic rings. The van der Waals surface area contributed by atoms with Crippen LogP contribution in [0.1, 0.15) is 18.1 Å². The molecule has 35 heavy (non-hydrogen) atoms. The van der Waals surface area contributed by atoms with Crippen LogP contribution in [0.15, 0.2) is 76.6 Å². The molecule has 0 unspecified atom stereocenters. The average Bonchev–Trinajstić information content (AvgIpc) is 3.13. The van der Waals surface area contributed by atoms with E-state index >= 15 is 0 Å². The molecule has 1 fully saturated rings. The van der Waals surface area contributed by atoms with Gasteiger partial charge in [-0.25, -0.2) is 9.38 Å². The van der Waals surface area contributed by atoms with E-state index in [4.69, 9.17) is 4.74 Å². The molecule has 178 valence electrons. The van der Waals surface area contributed by atoms with Crippen molar-refractivity contribution in [3.63, 3.8) is 0 Å². The minimum absolute atomic E-state index is 0.0185. The Balaban J connectivity index is 1.50. The first kappa shape index (κ1) is 24.9. The first-order valence-corrected chi connectivity index (χ1v) is 12.4. The van der Waals surface area contributed by atoms with Crippen LogP contribution in [-0.2, 0) is 11.4 Å². The van der Waals surface area contributed by atoms with Crippen LogP contribution in [0, 0.1) is 19.5 Å². The zero-order valence-electron chi connectivity index (χ0n) is 18.5. The number of benzene rings is 3. The van der Waals surface area contributed by atoms with Crippen molar-refractivity contribution in [1.29, 1.82) is 0 Å². The number of carbonyl (C=O) groups excluding carboxylic acids is 1. The number of halogens is 2. The summed E-state index contributed by atoms with van der Waals surface area (Å²) in [5, 5.41) is 11.5. The number of nitro groups is 1. The average molecular weight is 603 g/mol. The number of nitro benzene ring substituents is 1. The van der Waals surface area contributed by atoms with Crippen molar-refractivity contribution in [1.82, 2.24) is 4.90 Å². The van der Waals surface area contributed by atoms with Crippen molar-refractivity contribution >= 4 is 62.9 Å². The SMILES string of the molecule is CCN1C(=O)/C(=C\c2ccc(OCc3cccc([N+](=O)[O-])c3)c(I)c2)SC1=Nc1ccc(F)cc1. The summed E-state index contributed by atoms with van der Waals surface area (Å²) in [6.07, 6.45) is 1.80. The monoisotopic (exact) mass is 603 g/mol. The summed E-state index contributed by atoms with van der Waals surface area (Å²) in [5.74, 6) is 0.155. The molecule has 0 spiro atoms. The second-order valence-electron chi connectivity index (χ2n) is 7.44. The third-order valence-corrected chi connectivity index (χ3v) is 6.87. The van der Waals surface area contributed by atoms with Crippen LogP contribution in [0.2, 0.25) is 0 Å². The zero-order valence-corrected chi connectivity index (χ0v) is 21.5. The predicted octanol–water partition coefficient (Wildman–Crippen LogP) is 6.54. The number of amides is 1. The molecule has 0 aromatic heterocycles. The molecule has 1 aliphatic rings. The van der Waals surface area contributed by atoms with Gasteiger partial charge in [0.1, 0.15) is 18.2 Å². The number of hydrogen-bond donors (Lipinski definition) is 0. The normalized spacial score (nSPS) is 15.7. The van der Waals surface area contributed by atoms with Crippen molar-refractivity contribution in [2.24, 2.45) is 4.99 Å². The van der Waals surface area contributed by atoms with E-state index in [0.717, 1.165) is 9.13 Å². The number of amidine groups is 1. The van der Waals surface area contributed by atoms with Crippen LogP contribution >= 0.6 is 34.4 Å². The summed E-state index contributed by atoms with van der Waals surface area (Å²) < 4.78 is 19.9. The molecule has 1 heterocycles. The van der Waals surface area contributed by atoms with E-state index in [-0.39, 0.29) is 24.0 Å². The van der Waals surface area contributed by atoms with Crippen LogP contribution in [0.3, 0.4) is 0 Å². The second kappa shape index (κ2) is 11.0. The number of thioether (sulfide) groups is 1. The Morgan fingerprint density at radius 2 is 1.94 bits per heavy atom. The molecule has 0 atom stereocenters. The quantitative estimate of drug-likeness (QED) is 0.133. The molecular weight excluding hydrogens is 584 g/mol. The van der Waals surface area contributed by atoms with E-state index in [1.807, 2.05) is 19.1 Å². The molecule has 0 aliphatic carbocycles. The maximum absolute atomic E-state index is 13.2. The van der Waals surface area contributed by atoms with Gasteiger partial charge in [-0.15, -0.1) is 0 Å². The standard InChI is InChI=1S/C25H19FIN3O4S/c1-2-29-24(31)23(35-25(29)28-19-9-7-18(26)8-10-19)14-16-6-11-22(21(27)13-16)34-15-17-4-3-5-20(12-17)30(32)33/h3-14H,2,15H2,1H3/b23-14+,28-25?. The highest BCUT2D eigenvalue weighted by molar-refractivity contribution is 14.1. The number of likely N-dealkylation sites (N-methyl/N-ethyl adjacent to an activating group) is 1. The largest absolute Gasteiger partial charge is 0.488 e. The van der Waals surface area contributed by atoms with Gasteiger partial charge < -0.3 is 4.74 Å². The van der Waals surface area contributed by atoms with E-state index in [0.29, 0.717) is 33.6 Å². The Bertz CT molecular complexity index is 1340. The lowest BCUT2D eigenvalue weighted by Gasteiger charge is -2.12. The molecular formula is C25H19FIN3O4S. The Morgan fingerprint density at radius 1 is 1.17 bits per heavy atom. The van der Waals surface area contributed by atoms with Crippen molar-refractivity contribution in [2.75, 3.05) is 6.54 Å². The Labute approximate surface area is 219 Å². The van der Waals surface area contributed by atoms with E-state index in [1.165, 1.54) is 36.0 Å². The van der Waals surface area contributed by atoms with Crippen molar-refractivity contribution in [3.05, 3.63) is 102 Å². The Morgan fingerprint density at radius 3 is 2.63 bits per heavy atom. The van der Waals surface area contributed by atoms with Gasteiger partial charge in [-0.2, -0.15) is 0 Å². The Hall–Kier alpha value is -3.25. The van der Waals surface area contributed by atoms with Crippen LogP contribution < -0.4 is 4.74 Å². The third-order valence-electron chi connectivity index (χ3n) is 5.03. The number of carbonyl (C=O) groups is 1. The van der Waals surface area contributed by atoms with Crippen LogP contribution in [0.25, 0.3) is 6.08 Å². The summed E-state index contributed by atoms with van der Waals surface area (Å²) in [5.41, 5.74) is 2.11. The van der Waals surface area contributed by atoms with Gasteiger partial charge >= 0.3 is 0 Å². The van der Waals surface area contributed by atoms with Gasteiger partial charge in [-0.1, -0.05) is 18.2 Å². The number of rotatable bonds is 7. The van der Waals surface area contributed by atoms with Gasteiger partial charge in [0, 0.05) is 18.7 Å². The summed E-state index contributed by atoms with van der Waals surface area (Å²) in [6, 6.07) is 17.7. The first-order chi connectivity index (χ1) is 16.8.